The second-order valence-corrected chi connectivity index (χ2v) is 14.8. The Balaban J connectivity index is 1.51. The quantitative estimate of drug-likeness (QED) is 0.260. The van der Waals surface area contributed by atoms with E-state index in [-0.39, 0.29) is 41.0 Å². The number of likely N-dealkylation sites (tertiary alicyclic amines) is 1. The number of ketones is 1. The number of nitrogens with two attached hydrogens (primary N) is 1. The average molecular weight is 589 g/mol. The van der Waals surface area contributed by atoms with Crippen LogP contribution >= 0.6 is 0 Å². The first kappa shape index (κ1) is 31.7. The van der Waals surface area contributed by atoms with Gasteiger partial charge in [-0.25, -0.2) is 4.79 Å². The average Bonchev–Trinajstić information content (AvgIpc) is 3.82. The van der Waals surface area contributed by atoms with Gasteiger partial charge in [-0.3, -0.25) is 24.0 Å². The molecule has 6 atom stereocenters. The van der Waals surface area contributed by atoms with Gasteiger partial charge < -0.3 is 31.5 Å². The van der Waals surface area contributed by atoms with Crippen molar-refractivity contribution < 1.29 is 28.8 Å². The molecule has 0 bridgehead atoms. The number of urea groups is 1. The first-order chi connectivity index (χ1) is 19.4. The van der Waals surface area contributed by atoms with E-state index in [4.69, 9.17) is 5.73 Å². The molecule has 3 saturated carbocycles. The van der Waals surface area contributed by atoms with Gasteiger partial charge in [0, 0.05) is 19.6 Å². The monoisotopic (exact) mass is 588 g/mol. The van der Waals surface area contributed by atoms with Crippen molar-refractivity contribution in [2.45, 2.75) is 104 Å². The molecular formula is C30H48N6O6. The number of nitrogens with one attached hydrogen (secondary N) is 3. The number of piperidine rings is 1. The molecule has 0 spiro atoms. The fourth-order valence-corrected chi connectivity index (χ4v) is 6.54. The van der Waals surface area contributed by atoms with E-state index in [1.165, 1.54) is 4.90 Å². The normalized spacial score (nSPS) is 26.4. The number of rotatable bonds is 11. The van der Waals surface area contributed by atoms with Crippen LogP contribution in [0.1, 0.15) is 74.1 Å². The van der Waals surface area contributed by atoms with Crippen molar-refractivity contribution in [2.24, 2.45) is 40.2 Å². The molecule has 0 aromatic carbocycles. The summed E-state index contributed by atoms with van der Waals surface area (Å²) in [4.78, 5) is 81.5. The SMILES string of the molecule is CC(C)[C@H](NC(=O)N[C@H](C(=O)N1C[C@H]2[C@@H]([C@H]1C(=O)NC(C(=O)C(N)=O)C1CC1)C2(C)C)C(C)(C)C)C(=O)N(C)C1CC1. The molecule has 0 radical (unpaired) electrons. The molecule has 12 heteroatoms. The minimum atomic E-state index is -1.10. The highest BCUT2D eigenvalue weighted by molar-refractivity contribution is 6.38. The molecule has 1 unspecified atom stereocenters. The van der Waals surface area contributed by atoms with Gasteiger partial charge in [0.15, 0.2) is 0 Å². The highest BCUT2D eigenvalue weighted by Crippen LogP contribution is 2.65. The number of primary amides is 1. The van der Waals surface area contributed by atoms with Crippen molar-refractivity contribution >= 4 is 35.4 Å². The van der Waals surface area contributed by atoms with E-state index < -0.39 is 59.1 Å². The zero-order chi connectivity index (χ0) is 31.5. The molecule has 234 valence electrons. The van der Waals surface area contributed by atoms with Gasteiger partial charge in [0.2, 0.25) is 23.5 Å². The summed E-state index contributed by atoms with van der Waals surface area (Å²) in [6.45, 7) is 13.6. The number of amides is 6. The highest BCUT2D eigenvalue weighted by Gasteiger charge is 2.70. The number of hydrogen-bond acceptors (Lipinski definition) is 6. The molecule has 12 nitrogen and oxygen atoms in total. The smallest absolute Gasteiger partial charge is 0.316 e. The number of nitrogens with zero attached hydrogens (tertiary/aromatic N) is 2. The Morgan fingerprint density at radius 1 is 0.952 bits per heavy atom. The van der Waals surface area contributed by atoms with Crippen LogP contribution in [0.25, 0.3) is 0 Å². The van der Waals surface area contributed by atoms with Crippen LogP contribution in [-0.4, -0.2) is 89.0 Å². The number of hydrogen-bond donors (Lipinski definition) is 4. The zero-order valence-corrected chi connectivity index (χ0v) is 26.2. The lowest BCUT2D eigenvalue weighted by Crippen LogP contribution is -2.62. The summed E-state index contributed by atoms with van der Waals surface area (Å²) in [6, 6.07) is -4.05. The van der Waals surface area contributed by atoms with Gasteiger partial charge in [0.1, 0.15) is 24.2 Å². The van der Waals surface area contributed by atoms with Crippen LogP contribution < -0.4 is 21.7 Å². The van der Waals surface area contributed by atoms with Gasteiger partial charge in [0.25, 0.3) is 5.91 Å². The molecule has 4 fully saturated rings. The summed E-state index contributed by atoms with van der Waals surface area (Å²) in [7, 11) is 1.74. The van der Waals surface area contributed by atoms with Crippen molar-refractivity contribution in [1.82, 2.24) is 25.8 Å². The Kier molecular flexibility index (Phi) is 8.43. The predicted octanol–water partition coefficient (Wildman–Crippen LogP) is 0.778. The van der Waals surface area contributed by atoms with E-state index in [2.05, 4.69) is 16.0 Å². The third-order valence-electron chi connectivity index (χ3n) is 9.73. The van der Waals surface area contributed by atoms with E-state index in [0.29, 0.717) is 19.4 Å². The Morgan fingerprint density at radius 2 is 1.55 bits per heavy atom. The van der Waals surface area contributed by atoms with Crippen LogP contribution in [0.3, 0.4) is 0 Å². The van der Waals surface area contributed by atoms with E-state index in [0.717, 1.165) is 12.8 Å². The summed E-state index contributed by atoms with van der Waals surface area (Å²) < 4.78 is 0. The summed E-state index contributed by atoms with van der Waals surface area (Å²) in [6.07, 6.45) is 3.30. The lowest BCUT2D eigenvalue weighted by Gasteiger charge is -2.38. The number of likely N-dealkylation sites (N-methyl/N-ethyl adjacent to an activating group) is 1. The standard InChI is InChI=1S/C30H48N6O6/c1-14(2)19(26(40)35(8)16-11-12-16)33-28(42)34-23(29(3,4)5)27(41)36-13-17-18(30(17,6)7)21(36)25(39)32-20(15-9-10-15)22(37)24(31)38/h14-21,23H,9-13H2,1-8H3,(H2,31,38)(H,32,39)(H2,33,34,42)/t17-,18-,19-,20?,21-,23+/m0/s1. The van der Waals surface area contributed by atoms with Gasteiger partial charge in [0.05, 0.1) is 0 Å². The molecule has 1 aliphatic heterocycles. The van der Waals surface area contributed by atoms with Crippen molar-refractivity contribution in [3.8, 4) is 0 Å². The van der Waals surface area contributed by atoms with Crippen LogP contribution in [0.2, 0.25) is 0 Å². The number of carbonyl (C=O) groups is 6. The van der Waals surface area contributed by atoms with Crippen molar-refractivity contribution in [2.75, 3.05) is 13.6 Å². The van der Waals surface area contributed by atoms with E-state index in [1.54, 1.807) is 11.9 Å². The zero-order valence-electron chi connectivity index (χ0n) is 26.2. The second-order valence-electron chi connectivity index (χ2n) is 14.8. The third-order valence-corrected chi connectivity index (χ3v) is 9.73. The van der Waals surface area contributed by atoms with Gasteiger partial charge in [-0.2, -0.15) is 0 Å². The molecule has 4 rings (SSSR count). The fraction of sp³-hybridized carbons (Fsp3) is 0.800. The maximum absolute atomic E-state index is 14.1. The first-order valence-corrected chi connectivity index (χ1v) is 15.2. The van der Waals surface area contributed by atoms with E-state index >= 15 is 0 Å². The van der Waals surface area contributed by atoms with Crippen LogP contribution in [0.5, 0.6) is 0 Å². The molecule has 1 heterocycles. The molecule has 3 aliphatic carbocycles. The Bertz CT molecular complexity index is 1150. The Morgan fingerprint density at radius 3 is 2.02 bits per heavy atom. The van der Waals surface area contributed by atoms with Crippen LogP contribution in [0.4, 0.5) is 4.79 Å². The van der Waals surface area contributed by atoms with Gasteiger partial charge >= 0.3 is 6.03 Å². The second kappa shape index (κ2) is 11.1. The maximum Gasteiger partial charge on any atom is 0.316 e. The molecule has 5 N–H and O–H groups in total. The molecule has 6 amide bonds. The minimum absolute atomic E-state index is 0.0822. The summed E-state index contributed by atoms with van der Waals surface area (Å²) >= 11 is 0. The summed E-state index contributed by atoms with van der Waals surface area (Å²) in [5.41, 5.74) is 4.35. The van der Waals surface area contributed by atoms with E-state index in [1.807, 2.05) is 48.5 Å². The predicted molar refractivity (Wildman–Crippen MR) is 154 cm³/mol. The minimum Gasteiger partial charge on any atom is -0.363 e. The van der Waals surface area contributed by atoms with Crippen LogP contribution in [0.15, 0.2) is 0 Å². The maximum atomic E-state index is 14.1. The molecule has 4 aliphatic rings. The number of carbonyl (C=O) groups excluding carboxylic acids is 6. The molecule has 1 saturated heterocycles. The van der Waals surface area contributed by atoms with Crippen molar-refractivity contribution in [3.63, 3.8) is 0 Å². The van der Waals surface area contributed by atoms with Crippen LogP contribution in [-0.2, 0) is 24.0 Å². The summed E-state index contributed by atoms with van der Waals surface area (Å²) in [5, 5.41) is 8.35. The third kappa shape index (κ3) is 6.27. The molecular weight excluding hydrogens is 540 g/mol. The number of Topliss-reactive ketones (excluding diaryl/α,β-unsaturated/α-hetero) is 1. The highest BCUT2D eigenvalue weighted by atomic mass is 16.2. The molecule has 0 aromatic rings. The topological polar surface area (TPSA) is 171 Å². The van der Waals surface area contributed by atoms with Crippen molar-refractivity contribution in [3.05, 3.63) is 0 Å². The Hall–Kier alpha value is -3.18. The van der Waals surface area contributed by atoms with Crippen LogP contribution in [0, 0.1) is 34.5 Å². The molecule has 42 heavy (non-hydrogen) atoms. The van der Waals surface area contributed by atoms with Crippen molar-refractivity contribution in [1.29, 1.82) is 0 Å². The molecule has 0 aromatic heterocycles. The lowest BCUT2D eigenvalue weighted by atomic mass is 9.85. The first-order valence-electron chi connectivity index (χ1n) is 15.2. The van der Waals surface area contributed by atoms with Gasteiger partial charge in [-0.15, -0.1) is 0 Å². The van der Waals surface area contributed by atoms with Gasteiger partial charge in [-0.05, 0) is 60.2 Å². The number of fused-ring (bicyclic) bond motifs is 1. The lowest BCUT2D eigenvalue weighted by molar-refractivity contribution is -0.145. The largest absolute Gasteiger partial charge is 0.363 e. The van der Waals surface area contributed by atoms with Gasteiger partial charge in [-0.1, -0.05) is 48.5 Å². The Labute approximate surface area is 248 Å². The van der Waals surface area contributed by atoms with E-state index in [9.17, 15) is 28.8 Å². The fourth-order valence-electron chi connectivity index (χ4n) is 6.54. The summed E-state index contributed by atoms with van der Waals surface area (Å²) in [5.74, 6) is -3.36.